The lowest BCUT2D eigenvalue weighted by atomic mass is 9.90. The number of thioether (sulfide) groups is 1. The number of rotatable bonds is 4. The van der Waals surface area contributed by atoms with E-state index in [2.05, 4.69) is 30.3 Å². The van der Waals surface area contributed by atoms with Crippen LogP contribution in [0.3, 0.4) is 0 Å². The molecule has 1 fully saturated rings. The minimum Gasteiger partial charge on any atom is -0.370 e. The molecule has 0 heterocycles. The van der Waals surface area contributed by atoms with Crippen molar-refractivity contribution >= 4 is 11.8 Å². The van der Waals surface area contributed by atoms with Gasteiger partial charge in [0.25, 0.3) is 0 Å². The number of hydrogen-bond acceptors (Lipinski definition) is 2. The Morgan fingerprint density at radius 1 is 1.12 bits per heavy atom. The lowest BCUT2D eigenvalue weighted by Crippen LogP contribution is -2.21. The average molecular weight is 236 g/mol. The van der Waals surface area contributed by atoms with Crippen molar-refractivity contribution in [1.29, 1.82) is 0 Å². The van der Waals surface area contributed by atoms with Gasteiger partial charge in [-0.2, -0.15) is 0 Å². The topological polar surface area (TPSA) is 9.23 Å². The molecule has 0 spiro atoms. The highest BCUT2D eigenvalue weighted by Crippen LogP contribution is 2.36. The second-order valence-electron chi connectivity index (χ2n) is 4.43. The van der Waals surface area contributed by atoms with Gasteiger partial charge >= 0.3 is 0 Å². The van der Waals surface area contributed by atoms with Crippen LogP contribution in [0.5, 0.6) is 0 Å². The molecule has 88 valence electrons. The Balaban J connectivity index is 1.94. The summed E-state index contributed by atoms with van der Waals surface area (Å²) in [6.45, 7) is 0. The van der Waals surface area contributed by atoms with E-state index in [-0.39, 0.29) is 0 Å². The highest BCUT2D eigenvalue weighted by molar-refractivity contribution is 7.99. The summed E-state index contributed by atoms with van der Waals surface area (Å²) in [6, 6.07) is 10.6. The Morgan fingerprint density at radius 2 is 1.81 bits per heavy atom. The van der Waals surface area contributed by atoms with Gasteiger partial charge in [-0.15, -0.1) is 0 Å². The Kier molecular flexibility index (Phi) is 4.73. The molecule has 0 aromatic heterocycles. The summed E-state index contributed by atoms with van der Waals surface area (Å²) in [5.74, 6) is 0.740. The summed E-state index contributed by atoms with van der Waals surface area (Å²) in [6.07, 6.45) is 6.82. The molecule has 1 aromatic carbocycles. The first-order valence-electron chi connectivity index (χ1n) is 6.14. The first kappa shape index (κ1) is 12.0. The molecular formula is C14H20OS. The quantitative estimate of drug-likeness (QED) is 0.568. The minimum absolute atomic E-state index is 0.336. The summed E-state index contributed by atoms with van der Waals surface area (Å²) >= 11 is 1.87. The van der Waals surface area contributed by atoms with Crippen molar-refractivity contribution in [3.8, 4) is 0 Å². The third kappa shape index (κ3) is 3.26. The van der Waals surface area contributed by atoms with Crippen molar-refractivity contribution in [3.63, 3.8) is 0 Å². The fourth-order valence-corrected chi connectivity index (χ4v) is 3.52. The van der Waals surface area contributed by atoms with E-state index in [1.807, 2.05) is 18.9 Å². The van der Waals surface area contributed by atoms with Crippen LogP contribution < -0.4 is 0 Å². The fraction of sp³-hybridized carbons (Fsp3) is 0.571. The second-order valence-corrected chi connectivity index (χ2v) is 5.60. The number of methoxy groups -OCH3 is 1. The van der Waals surface area contributed by atoms with E-state index in [1.165, 1.54) is 37.0 Å². The second kappa shape index (κ2) is 6.31. The van der Waals surface area contributed by atoms with Gasteiger partial charge in [0, 0.05) is 12.0 Å². The highest BCUT2D eigenvalue weighted by atomic mass is 32.2. The van der Waals surface area contributed by atoms with E-state index in [0.29, 0.717) is 5.44 Å². The van der Waals surface area contributed by atoms with Crippen LogP contribution in [-0.2, 0) is 4.74 Å². The molecule has 0 radical (unpaired) electrons. The molecule has 0 saturated heterocycles. The van der Waals surface area contributed by atoms with Crippen LogP contribution in [0.2, 0.25) is 0 Å². The molecule has 0 aliphatic heterocycles. The van der Waals surface area contributed by atoms with Gasteiger partial charge in [-0.25, -0.2) is 0 Å². The molecule has 2 rings (SSSR count). The normalized spacial score (nSPS) is 19.6. The molecular weight excluding hydrogens is 216 g/mol. The van der Waals surface area contributed by atoms with Crippen LogP contribution in [-0.4, -0.2) is 12.5 Å². The minimum atomic E-state index is 0.336. The van der Waals surface area contributed by atoms with Crippen LogP contribution in [0, 0.1) is 5.92 Å². The summed E-state index contributed by atoms with van der Waals surface area (Å²) in [5, 5.41) is 0. The van der Waals surface area contributed by atoms with Crippen molar-refractivity contribution in [2.24, 2.45) is 5.92 Å². The SMILES string of the molecule is COC(Sc1ccccc1)C1CCCCC1. The summed E-state index contributed by atoms with van der Waals surface area (Å²) in [4.78, 5) is 1.32. The van der Waals surface area contributed by atoms with E-state index >= 15 is 0 Å². The highest BCUT2D eigenvalue weighted by Gasteiger charge is 2.24. The first-order chi connectivity index (χ1) is 7.90. The van der Waals surface area contributed by atoms with Crippen molar-refractivity contribution in [2.75, 3.05) is 7.11 Å². The van der Waals surface area contributed by atoms with Crippen LogP contribution in [0.4, 0.5) is 0 Å². The fourth-order valence-electron chi connectivity index (χ4n) is 2.38. The van der Waals surface area contributed by atoms with E-state index in [9.17, 15) is 0 Å². The molecule has 1 unspecified atom stereocenters. The Bertz CT molecular complexity index is 293. The zero-order valence-corrected chi connectivity index (χ0v) is 10.7. The van der Waals surface area contributed by atoms with Crippen LogP contribution in [0.1, 0.15) is 32.1 Å². The molecule has 16 heavy (non-hydrogen) atoms. The monoisotopic (exact) mass is 236 g/mol. The van der Waals surface area contributed by atoms with Crippen LogP contribution in [0.15, 0.2) is 35.2 Å². The largest absolute Gasteiger partial charge is 0.370 e. The Labute approximate surface area is 103 Å². The molecule has 1 atom stereocenters. The maximum Gasteiger partial charge on any atom is 0.110 e. The van der Waals surface area contributed by atoms with E-state index in [1.54, 1.807) is 0 Å². The van der Waals surface area contributed by atoms with Gasteiger partial charge in [0.1, 0.15) is 5.44 Å². The lowest BCUT2D eigenvalue weighted by Gasteiger charge is -2.28. The van der Waals surface area contributed by atoms with Crippen molar-refractivity contribution in [3.05, 3.63) is 30.3 Å². The molecule has 1 aliphatic rings. The van der Waals surface area contributed by atoms with Crippen molar-refractivity contribution in [2.45, 2.75) is 42.4 Å². The van der Waals surface area contributed by atoms with Gasteiger partial charge in [0.15, 0.2) is 0 Å². The Hall–Kier alpha value is -0.470. The molecule has 2 heteroatoms. The maximum absolute atomic E-state index is 5.66. The summed E-state index contributed by atoms with van der Waals surface area (Å²) in [5.41, 5.74) is 0.336. The predicted octanol–water partition coefficient (Wildman–Crippen LogP) is 4.33. The number of hydrogen-bond donors (Lipinski definition) is 0. The van der Waals surface area contributed by atoms with Gasteiger partial charge < -0.3 is 4.74 Å². The predicted molar refractivity (Wildman–Crippen MR) is 69.7 cm³/mol. The number of benzene rings is 1. The van der Waals surface area contributed by atoms with E-state index < -0.39 is 0 Å². The molecule has 1 aromatic rings. The maximum atomic E-state index is 5.66. The van der Waals surface area contributed by atoms with Gasteiger partial charge in [0.05, 0.1) is 0 Å². The van der Waals surface area contributed by atoms with Gasteiger partial charge in [-0.05, 0) is 30.9 Å². The lowest BCUT2D eigenvalue weighted by molar-refractivity contribution is 0.103. The third-order valence-corrected chi connectivity index (χ3v) is 4.62. The number of ether oxygens (including phenoxy) is 1. The molecule has 1 saturated carbocycles. The summed E-state index contributed by atoms with van der Waals surface area (Å²) < 4.78 is 5.66. The first-order valence-corrected chi connectivity index (χ1v) is 7.02. The molecule has 1 nitrogen and oxygen atoms in total. The van der Waals surface area contributed by atoms with Gasteiger partial charge in [-0.3, -0.25) is 0 Å². The average Bonchev–Trinajstić information content (AvgIpc) is 2.38. The third-order valence-electron chi connectivity index (χ3n) is 3.26. The molecule has 1 aliphatic carbocycles. The van der Waals surface area contributed by atoms with Gasteiger partial charge in [-0.1, -0.05) is 49.2 Å². The van der Waals surface area contributed by atoms with Crippen molar-refractivity contribution < 1.29 is 4.74 Å². The Morgan fingerprint density at radius 3 is 2.44 bits per heavy atom. The van der Waals surface area contributed by atoms with Crippen LogP contribution >= 0.6 is 11.8 Å². The van der Waals surface area contributed by atoms with E-state index in [0.717, 1.165) is 5.92 Å². The zero-order chi connectivity index (χ0) is 11.2. The van der Waals surface area contributed by atoms with Crippen molar-refractivity contribution in [1.82, 2.24) is 0 Å². The summed E-state index contributed by atoms with van der Waals surface area (Å²) in [7, 11) is 1.84. The van der Waals surface area contributed by atoms with Crippen LogP contribution in [0.25, 0.3) is 0 Å². The molecule has 0 amide bonds. The molecule has 0 bridgehead atoms. The smallest absolute Gasteiger partial charge is 0.110 e. The van der Waals surface area contributed by atoms with Gasteiger partial charge in [0.2, 0.25) is 0 Å². The standard InChI is InChI=1S/C14H20OS/c1-15-14(12-8-4-2-5-9-12)16-13-10-6-3-7-11-13/h3,6-7,10-12,14H,2,4-5,8-9H2,1H3. The van der Waals surface area contributed by atoms with E-state index in [4.69, 9.17) is 4.74 Å². The molecule has 0 N–H and O–H groups in total. The zero-order valence-electron chi connectivity index (χ0n) is 9.89.